The van der Waals surface area contributed by atoms with Crippen LogP contribution in [0.2, 0.25) is 0 Å². The van der Waals surface area contributed by atoms with Crippen LogP contribution in [0.15, 0.2) is 18.2 Å². The standard InChI is InChI=1S/C22H32FN7O4/c1-16(31)24-14-18-15-29(22(33)34-18)17-3-4-20(19(23)13-17)27-6-5-25-30(12-11-27)21(32)28-9-7-26(2)8-10-28/h3-4,13,18,25H,5-12,14-15H2,1-2H3,(H,24,31)/t18-/m0/s1. The lowest BCUT2D eigenvalue weighted by Gasteiger charge is -2.35. The molecule has 3 heterocycles. The third kappa shape index (κ3) is 5.50. The number of hydrogen-bond donors (Lipinski definition) is 2. The highest BCUT2D eigenvalue weighted by Crippen LogP contribution is 2.28. The van der Waals surface area contributed by atoms with Crippen LogP contribution in [0, 0.1) is 5.82 Å². The van der Waals surface area contributed by atoms with Gasteiger partial charge in [0.25, 0.3) is 0 Å². The number of likely N-dealkylation sites (N-methyl/N-ethyl adjacent to an activating group) is 1. The van der Waals surface area contributed by atoms with Gasteiger partial charge in [-0.25, -0.2) is 19.4 Å². The lowest BCUT2D eigenvalue weighted by atomic mass is 10.2. The van der Waals surface area contributed by atoms with Crippen LogP contribution in [-0.4, -0.2) is 111 Å². The lowest BCUT2D eigenvalue weighted by molar-refractivity contribution is -0.119. The molecule has 12 heteroatoms. The van der Waals surface area contributed by atoms with E-state index >= 15 is 4.39 Å². The van der Waals surface area contributed by atoms with Crippen LogP contribution in [0.5, 0.6) is 0 Å². The van der Waals surface area contributed by atoms with Crippen molar-refractivity contribution in [2.75, 3.05) is 82.3 Å². The van der Waals surface area contributed by atoms with Crippen molar-refractivity contribution in [3.05, 3.63) is 24.0 Å². The third-order valence-corrected chi connectivity index (χ3v) is 6.32. The lowest BCUT2D eigenvalue weighted by Crippen LogP contribution is -2.55. The number of ether oxygens (including phenoxy) is 1. The summed E-state index contributed by atoms with van der Waals surface area (Å²) >= 11 is 0. The van der Waals surface area contributed by atoms with Gasteiger partial charge in [-0.3, -0.25) is 14.7 Å². The molecule has 0 aromatic heterocycles. The predicted molar refractivity (Wildman–Crippen MR) is 124 cm³/mol. The molecule has 3 aliphatic heterocycles. The SMILES string of the molecule is CC(=O)NC[C@H]1CN(c2ccc(N3CCNN(C(=O)N4CCN(C)CC4)CC3)c(F)c2)C(=O)O1. The molecule has 0 radical (unpaired) electrons. The van der Waals surface area contributed by atoms with Crippen molar-refractivity contribution in [1.82, 2.24) is 25.6 Å². The van der Waals surface area contributed by atoms with Crippen molar-refractivity contribution in [2.45, 2.75) is 13.0 Å². The Morgan fingerprint density at radius 3 is 2.62 bits per heavy atom. The molecule has 11 nitrogen and oxygen atoms in total. The Morgan fingerprint density at radius 2 is 1.91 bits per heavy atom. The van der Waals surface area contributed by atoms with Crippen LogP contribution < -0.4 is 20.5 Å². The summed E-state index contributed by atoms with van der Waals surface area (Å²) in [7, 11) is 2.04. The number of halogens is 1. The van der Waals surface area contributed by atoms with Gasteiger partial charge >= 0.3 is 12.1 Å². The minimum absolute atomic E-state index is 0.0490. The fourth-order valence-corrected chi connectivity index (χ4v) is 4.32. The molecule has 3 saturated heterocycles. The first kappa shape index (κ1) is 24.0. The van der Waals surface area contributed by atoms with Crippen LogP contribution in [0.25, 0.3) is 0 Å². The summed E-state index contributed by atoms with van der Waals surface area (Å²) in [6.07, 6.45) is -1.06. The number of nitrogens with zero attached hydrogens (tertiary/aromatic N) is 5. The average Bonchev–Trinajstić information content (AvgIpc) is 3.02. The normalized spacial score (nSPS) is 22.0. The average molecular weight is 478 g/mol. The molecule has 0 aliphatic carbocycles. The van der Waals surface area contributed by atoms with E-state index in [9.17, 15) is 14.4 Å². The van der Waals surface area contributed by atoms with Gasteiger partial charge in [0.2, 0.25) is 5.91 Å². The van der Waals surface area contributed by atoms with Gasteiger partial charge in [0.05, 0.1) is 31.0 Å². The zero-order valence-electron chi connectivity index (χ0n) is 19.6. The maximum Gasteiger partial charge on any atom is 0.414 e. The van der Waals surface area contributed by atoms with Gasteiger partial charge in [-0.1, -0.05) is 0 Å². The van der Waals surface area contributed by atoms with Gasteiger partial charge in [0.15, 0.2) is 0 Å². The summed E-state index contributed by atoms with van der Waals surface area (Å²) in [5.74, 6) is -0.657. The molecule has 186 valence electrons. The van der Waals surface area contributed by atoms with Crippen LogP contribution in [-0.2, 0) is 9.53 Å². The Hall–Kier alpha value is -3.12. The number of urea groups is 1. The van der Waals surface area contributed by atoms with Crippen molar-refractivity contribution >= 4 is 29.4 Å². The number of benzene rings is 1. The minimum atomic E-state index is -0.570. The summed E-state index contributed by atoms with van der Waals surface area (Å²) in [5.41, 5.74) is 3.98. The van der Waals surface area contributed by atoms with Crippen molar-refractivity contribution in [3.8, 4) is 0 Å². The van der Waals surface area contributed by atoms with Gasteiger partial charge in [0, 0.05) is 52.7 Å². The Kier molecular flexibility index (Phi) is 7.37. The molecule has 0 saturated carbocycles. The van der Waals surface area contributed by atoms with Gasteiger partial charge in [-0.05, 0) is 25.2 Å². The molecular weight excluding hydrogens is 445 g/mol. The highest BCUT2D eigenvalue weighted by molar-refractivity contribution is 5.90. The summed E-state index contributed by atoms with van der Waals surface area (Å²) in [6, 6.07) is 4.61. The number of piperazine rings is 1. The summed E-state index contributed by atoms with van der Waals surface area (Å²) in [5, 5.41) is 4.24. The molecule has 0 bridgehead atoms. The quantitative estimate of drug-likeness (QED) is 0.643. The van der Waals surface area contributed by atoms with Crippen LogP contribution in [0.1, 0.15) is 6.92 Å². The Bertz CT molecular complexity index is 925. The summed E-state index contributed by atoms with van der Waals surface area (Å²) in [4.78, 5) is 43.5. The Balaban J connectivity index is 1.36. The first-order valence-electron chi connectivity index (χ1n) is 11.6. The molecule has 1 aromatic carbocycles. The van der Waals surface area contributed by atoms with E-state index in [0.29, 0.717) is 50.6 Å². The van der Waals surface area contributed by atoms with Gasteiger partial charge in [-0.15, -0.1) is 0 Å². The van der Waals surface area contributed by atoms with Crippen molar-refractivity contribution in [1.29, 1.82) is 0 Å². The molecule has 34 heavy (non-hydrogen) atoms. The molecule has 0 spiro atoms. The number of cyclic esters (lactones) is 1. The largest absolute Gasteiger partial charge is 0.442 e. The topological polar surface area (TPSA) is 101 Å². The first-order valence-corrected chi connectivity index (χ1v) is 11.6. The van der Waals surface area contributed by atoms with Crippen LogP contribution >= 0.6 is 0 Å². The van der Waals surface area contributed by atoms with Gasteiger partial charge < -0.3 is 24.8 Å². The molecule has 4 amide bonds. The number of amides is 4. The van der Waals surface area contributed by atoms with E-state index < -0.39 is 18.0 Å². The molecule has 1 aromatic rings. The van der Waals surface area contributed by atoms with E-state index in [1.165, 1.54) is 17.9 Å². The number of anilines is 2. The third-order valence-electron chi connectivity index (χ3n) is 6.32. The van der Waals surface area contributed by atoms with Crippen molar-refractivity contribution in [2.24, 2.45) is 0 Å². The number of rotatable bonds is 4. The molecule has 3 fully saturated rings. The molecular formula is C22H32FN7O4. The van der Waals surface area contributed by atoms with E-state index in [1.807, 2.05) is 16.8 Å². The number of nitrogens with one attached hydrogen (secondary N) is 2. The molecule has 0 unspecified atom stereocenters. The first-order chi connectivity index (χ1) is 16.3. The zero-order chi connectivity index (χ0) is 24.2. The predicted octanol–water partition coefficient (Wildman–Crippen LogP) is 0.281. The second kappa shape index (κ2) is 10.4. The number of carbonyl (C=O) groups excluding carboxylic acids is 3. The van der Waals surface area contributed by atoms with E-state index in [0.717, 1.165) is 13.1 Å². The fourth-order valence-electron chi connectivity index (χ4n) is 4.32. The van der Waals surface area contributed by atoms with Crippen molar-refractivity contribution < 1.29 is 23.5 Å². The minimum Gasteiger partial charge on any atom is -0.442 e. The monoisotopic (exact) mass is 477 g/mol. The molecule has 4 rings (SSSR count). The Morgan fingerprint density at radius 1 is 1.15 bits per heavy atom. The maximum atomic E-state index is 15.1. The number of hydrogen-bond acceptors (Lipinski definition) is 7. The van der Waals surface area contributed by atoms with Gasteiger partial charge in [-0.2, -0.15) is 0 Å². The van der Waals surface area contributed by atoms with Crippen LogP contribution in [0.3, 0.4) is 0 Å². The molecule has 1 atom stereocenters. The fraction of sp³-hybridized carbons (Fsp3) is 0.591. The van der Waals surface area contributed by atoms with E-state index in [4.69, 9.17) is 4.74 Å². The highest BCUT2D eigenvalue weighted by Gasteiger charge is 2.33. The van der Waals surface area contributed by atoms with Crippen LogP contribution in [0.4, 0.5) is 25.4 Å². The van der Waals surface area contributed by atoms with Crippen molar-refractivity contribution in [3.63, 3.8) is 0 Å². The van der Waals surface area contributed by atoms with E-state index in [-0.39, 0.29) is 25.0 Å². The summed E-state index contributed by atoms with van der Waals surface area (Å²) in [6.45, 7) is 6.86. The second-order valence-electron chi connectivity index (χ2n) is 8.81. The van der Waals surface area contributed by atoms with E-state index in [2.05, 4.69) is 15.6 Å². The molecule has 2 N–H and O–H groups in total. The van der Waals surface area contributed by atoms with Gasteiger partial charge in [0.1, 0.15) is 11.9 Å². The smallest absolute Gasteiger partial charge is 0.414 e. The zero-order valence-corrected chi connectivity index (χ0v) is 19.6. The summed E-state index contributed by atoms with van der Waals surface area (Å²) < 4.78 is 20.3. The van der Waals surface area contributed by atoms with E-state index in [1.54, 1.807) is 17.1 Å². The second-order valence-corrected chi connectivity index (χ2v) is 8.81. The maximum absolute atomic E-state index is 15.1. The Labute approximate surface area is 198 Å². The highest BCUT2D eigenvalue weighted by atomic mass is 19.1. The number of hydrazine groups is 1. The molecule has 3 aliphatic rings. The number of carbonyl (C=O) groups is 3.